The van der Waals surface area contributed by atoms with Gasteiger partial charge in [0.15, 0.2) is 0 Å². The largest absolute Gasteiger partial charge is 0.381 e. The summed E-state index contributed by atoms with van der Waals surface area (Å²) in [5.74, 6) is -0.686. The van der Waals surface area contributed by atoms with Crippen LogP contribution in [0.2, 0.25) is 0 Å². The first-order valence-corrected chi connectivity index (χ1v) is 12.0. The van der Waals surface area contributed by atoms with Crippen molar-refractivity contribution in [3.8, 4) is 0 Å². The van der Waals surface area contributed by atoms with Crippen LogP contribution in [0.3, 0.4) is 0 Å². The van der Waals surface area contributed by atoms with Crippen molar-refractivity contribution in [2.24, 2.45) is 5.92 Å². The number of halogens is 1. The number of hydrogen-bond acceptors (Lipinski definition) is 4. The highest BCUT2D eigenvalue weighted by Gasteiger charge is 2.35. The number of aromatic amines is 1. The van der Waals surface area contributed by atoms with Crippen molar-refractivity contribution >= 4 is 35.1 Å². The number of amides is 3. The summed E-state index contributed by atoms with van der Waals surface area (Å²) in [4.78, 5) is 43.6. The number of benzene rings is 1. The lowest BCUT2D eigenvalue weighted by atomic mass is 10.00. The second-order valence-corrected chi connectivity index (χ2v) is 9.52. The molecular formula is C26H29FN4O4. The van der Waals surface area contributed by atoms with Gasteiger partial charge < -0.3 is 25.3 Å². The van der Waals surface area contributed by atoms with E-state index in [9.17, 15) is 18.8 Å². The van der Waals surface area contributed by atoms with Crippen LogP contribution in [0.15, 0.2) is 18.2 Å². The first-order valence-electron chi connectivity index (χ1n) is 12.0. The number of aromatic nitrogens is 1. The molecule has 0 spiro atoms. The molecule has 35 heavy (non-hydrogen) atoms. The molecule has 3 N–H and O–H groups in total. The van der Waals surface area contributed by atoms with E-state index >= 15 is 0 Å². The average molecular weight is 481 g/mol. The number of aryl methyl sites for hydroxylation is 1. The predicted molar refractivity (Wildman–Crippen MR) is 129 cm³/mol. The molecule has 2 saturated heterocycles. The third kappa shape index (κ3) is 4.48. The van der Waals surface area contributed by atoms with Crippen molar-refractivity contribution < 1.29 is 23.5 Å². The molecule has 0 unspecified atom stereocenters. The van der Waals surface area contributed by atoms with Gasteiger partial charge in [0, 0.05) is 48.9 Å². The monoisotopic (exact) mass is 480 g/mol. The molecule has 184 valence electrons. The van der Waals surface area contributed by atoms with Gasteiger partial charge in [-0.05, 0) is 68.9 Å². The number of carbonyl (C=O) groups is 3. The zero-order valence-electron chi connectivity index (χ0n) is 19.9. The molecule has 3 aliphatic heterocycles. The molecule has 0 radical (unpaired) electrons. The molecule has 8 nitrogen and oxygen atoms in total. The number of fused-ring (bicyclic) bond motifs is 1. The Kier molecular flexibility index (Phi) is 6.19. The molecular weight excluding hydrogens is 451 g/mol. The number of hydrogen-bond donors (Lipinski definition) is 3. The lowest BCUT2D eigenvalue weighted by molar-refractivity contribution is -0.130. The summed E-state index contributed by atoms with van der Waals surface area (Å²) in [6.45, 7) is 6.38. The average Bonchev–Trinajstić information content (AvgIpc) is 3.43. The van der Waals surface area contributed by atoms with Crippen LogP contribution in [0.25, 0.3) is 11.6 Å². The van der Waals surface area contributed by atoms with Crippen LogP contribution in [-0.4, -0.2) is 60.0 Å². The highest BCUT2D eigenvalue weighted by Crippen LogP contribution is 2.34. The molecule has 1 atom stereocenters. The Balaban J connectivity index is 1.31. The zero-order valence-corrected chi connectivity index (χ0v) is 19.9. The zero-order chi connectivity index (χ0) is 24.7. The molecule has 0 bridgehead atoms. The molecule has 9 heteroatoms. The summed E-state index contributed by atoms with van der Waals surface area (Å²) in [7, 11) is 0. The fourth-order valence-corrected chi connectivity index (χ4v) is 5.23. The summed E-state index contributed by atoms with van der Waals surface area (Å²) in [5.41, 5.74) is 3.69. The highest BCUT2D eigenvalue weighted by atomic mass is 19.1. The summed E-state index contributed by atoms with van der Waals surface area (Å²) in [6, 6.07) is 3.59. The fourth-order valence-electron chi connectivity index (χ4n) is 5.23. The molecule has 3 amide bonds. The van der Waals surface area contributed by atoms with E-state index in [0.717, 1.165) is 26.1 Å². The van der Waals surface area contributed by atoms with Crippen molar-refractivity contribution in [1.29, 1.82) is 0 Å². The van der Waals surface area contributed by atoms with Gasteiger partial charge in [-0.15, -0.1) is 0 Å². The number of anilines is 1. The maximum atomic E-state index is 13.8. The predicted octanol–water partition coefficient (Wildman–Crippen LogP) is 3.02. The first-order chi connectivity index (χ1) is 16.8. The first kappa shape index (κ1) is 23.3. The fraction of sp³-hybridized carbons (Fsp3) is 0.423. The number of rotatable bonds is 5. The Morgan fingerprint density at radius 3 is 2.77 bits per heavy atom. The third-order valence-electron chi connectivity index (χ3n) is 7.18. The molecule has 2 aromatic rings. The SMILES string of the molecule is Cc1[nH]c(/C=C2\C(=O)Nc3ccc(F)cc32)c(C)c1C(=O)N[C@H]1CCN(CC2CCOCC2)C1=O. The van der Waals surface area contributed by atoms with E-state index in [1.807, 2.05) is 4.90 Å². The standard InChI is InChI=1S/C26H29FN4O4/c1-14-22(12-19-18-11-17(27)3-4-20(18)29-24(19)32)28-15(2)23(14)25(33)30-21-5-8-31(26(21)34)13-16-6-9-35-10-7-16/h3-4,11-12,16,21,28H,5-10,13H2,1-2H3,(H,29,32)(H,30,33)/b19-12-/t21-/m0/s1. The summed E-state index contributed by atoms with van der Waals surface area (Å²) < 4.78 is 19.2. The lowest BCUT2D eigenvalue weighted by Crippen LogP contribution is -2.43. The maximum Gasteiger partial charge on any atom is 0.256 e. The summed E-state index contributed by atoms with van der Waals surface area (Å²) in [5, 5.41) is 5.64. The van der Waals surface area contributed by atoms with E-state index in [-0.39, 0.29) is 17.7 Å². The molecule has 4 heterocycles. The summed E-state index contributed by atoms with van der Waals surface area (Å²) in [6.07, 6.45) is 4.12. The molecule has 0 saturated carbocycles. The van der Waals surface area contributed by atoms with Crippen LogP contribution in [0.4, 0.5) is 10.1 Å². The number of carbonyl (C=O) groups excluding carboxylic acids is 3. The van der Waals surface area contributed by atoms with Crippen LogP contribution in [-0.2, 0) is 14.3 Å². The van der Waals surface area contributed by atoms with Gasteiger partial charge in [0.25, 0.3) is 11.8 Å². The van der Waals surface area contributed by atoms with Gasteiger partial charge in [0.1, 0.15) is 11.9 Å². The van der Waals surface area contributed by atoms with E-state index in [1.165, 1.54) is 18.2 Å². The van der Waals surface area contributed by atoms with Gasteiger partial charge >= 0.3 is 0 Å². The van der Waals surface area contributed by atoms with E-state index in [2.05, 4.69) is 15.6 Å². The minimum absolute atomic E-state index is 0.0423. The van der Waals surface area contributed by atoms with E-state index in [4.69, 9.17) is 4.74 Å². The van der Waals surface area contributed by atoms with Crippen LogP contribution >= 0.6 is 0 Å². The number of H-pyrrole nitrogens is 1. The van der Waals surface area contributed by atoms with E-state index < -0.39 is 11.9 Å². The smallest absolute Gasteiger partial charge is 0.256 e. The molecule has 1 aromatic heterocycles. The molecule has 0 aliphatic carbocycles. The number of nitrogens with one attached hydrogen (secondary N) is 3. The van der Waals surface area contributed by atoms with Crippen LogP contribution < -0.4 is 10.6 Å². The summed E-state index contributed by atoms with van der Waals surface area (Å²) >= 11 is 0. The van der Waals surface area contributed by atoms with Gasteiger partial charge in [-0.2, -0.15) is 0 Å². The number of nitrogens with zero attached hydrogens (tertiary/aromatic N) is 1. The minimum Gasteiger partial charge on any atom is -0.381 e. The third-order valence-corrected chi connectivity index (χ3v) is 7.18. The molecule has 3 aliphatic rings. The second-order valence-electron chi connectivity index (χ2n) is 9.52. The van der Waals surface area contributed by atoms with Gasteiger partial charge in [0.05, 0.1) is 11.1 Å². The minimum atomic E-state index is -0.548. The van der Waals surface area contributed by atoms with Crippen molar-refractivity contribution in [3.63, 3.8) is 0 Å². The Bertz CT molecular complexity index is 1230. The number of likely N-dealkylation sites (tertiary alicyclic amines) is 1. The molecule has 5 rings (SSSR count). The van der Waals surface area contributed by atoms with Crippen LogP contribution in [0, 0.1) is 25.6 Å². The quantitative estimate of drug-likeness (QED) is 0.573. The maximum absolute atomic E-state index is 13.8. The van der Waals surface area contributed by atoms with Crippen molar-refractivity contribution in [2.45, 2.75) is 39.2 Å². The Morgan fingerprint density at radius 1 is 1.23 bits per heavy atom. The molecule has 2 fully saturated rings. The van der Waals surface area contributed by atoms with Crippen molar-refractivity contribution in [1.82, 2.24) is 15.2 Å². The normalized spacial score (nSPS) is 21.5. The van der Waals surface area contributed by atoms with E-state index in [0.29, 0.717) is 64.8 Å². The lowest BCUT2D eigenvalue weighted by Gasteiger charge is -2.27. The second kappa shape index (κ2) is 9.30. The molecule has 1 aromatic carbocycles. The van der Waals surface area contributed by atoms with Gasteiger partial charge in [-0.3, -0.25) is 14.4 Å². The van der Waals surface area contributed by atoms with E-state index in [1.54, 1.807) is 19.9 Å². The van der Waals surface area contributed by atoms with Crippen molar-refractivity contribution in [3.05, 3.63) is 52.1 Å². The Labute approximate surface area is 202 Å². The highest BCUT2D eigenvalue weighted by molar-refractivity contribution is 6.34. The van der Waals surface area contributed by atoms with Gasteiger partial charge in [-0.25, -0.2) is 4.39 Å². The van der Waals surface area contributed by atoms with Crippen LogP contribution in [0.1, 0.15) is 52.1 Å². The Hall–Kier alpha value is -3.46. The van der Waals surface area contributed by atoms with Gasteiger partial charge in [0.2, 0.25) is 5.91 Å². The van der Waals surface area contributed by atoms with Crippen LogP contribution in [0.5, 0.6) is 0 Å². The number of ether oxygens (including phenoxy) is 1. The Morgan fingerprint density at radius 2 is 2.00 bits per heavy atom. The van der Waals surface area contributed by atoms with Crippen molar-refractivity contribution in [2.75, 3.05) is 31.6 Å². The topological polar surface area (TPSA) is 104 Å². The van der Waals surface area contributed by atoms with Gasteiger partial charge in [-0.1, -0.05) is 0 Å².